The topological polar surface area (TPSA) is 112 Å². The fourth-order valence-electron chi connectivity index (χ4n) is 5.33. The number of carbonyl (C=O) groups excluding carboxylic acids is 1. The highest BCUT2D eigenvalue weighted by Crippen LogP contribution is 2.43. The van der Waals surface area contributed by atoms with Crippen LogP contribution >= 0.6 is 7.82 Å². The monoisotopic (exact) mass is 783 g/mol. The molecule has 0 aliphatic carbocycles. The smallest absolute Gasteiger partial charge is 0.472 e. The van der Waals surface area contributed by atoms with Crippen LogP contribution in [0.2, 0.25) is 0 Å². The van der Waals surface area contributed by atoms with Crippen LogP contribution in [0.1, 0.15) is 155 Å². The summed E-state index contributed by atoms with van der Waals surface area (Å²) in [6.07, 6.45) is 42.6. The van der Waals surface area contributed by atoms with Gasteiger partial charge in [0.1, 0.15) is 19.8 Å². The molecular weight excluding hydrogens is 701 g/mol. The molecule has 0 bridgehead atoms. The highest BCUT2D eigenvalue weighted by Gasteiger charge is 2.25. The minimum Gasteiger partial charge on any atom is -0.492 e. The van der Waals surface area contributed by atoms with Gasteiger partial charge in [0.15, 0.2) is 6.10 Å². The van der Waals surface area contributed by atoms with Crippen molar-refractivity contribution in [1.82, 2.24) is 0 Å². The standard InChI is InChI=1S/C44H80NO8P/c1-6-8-10-11-12-13-14-15-16-17-18-19-23-26-29-33-38-50-43(41-53-54(48,49)52-39-37-45(3,4)5)40-51-44(47)36-32-28-25-22-20-21-24-27-31-35-42(46)34-30-9-7-2/h9,15-16,24,27,30-31,33,35,38,42-43,46H,6-8,10-14,17-23,25-26,28-29,32,34,36-37,39-41H2,1-5H3/p+1/b16-15-,27-24+,30-9+,35-31+,38-33+/t42?,43-/m1/s1. The third kappa shape index (κ3) is 39.7. The van der Waals surface area contributed by atoms with E-state index in [1.165, 1.54) is 57.8 Å². The first-order valence-electron chi connectivity index (χ1n) is 21.2. The lowest BCUT2D eigenvalue weighted by Crippen LogP contribution is -2.37. The second-order valence-electron chi connectivity index (χ2n) is 15.2. The van der Waals surface area contributed by atoms with Gasteiger partial charge in [-0.1, -0.05) is 127 Å². The number of rotatable bonds is 38. The quantitative estimate of drug-likeness (QED) is 0.0121. The molecule has 2 N–H and O–H groups in total. The van der Waals surface area contributed by atoms with Gasteiger partial charge in [0.05, 0.1) is 40.1 Å². The van der Waals surface area contributed by atoms with E-state index in [9.17, 15) is 19.4 Å². The van der Waals surface area contributed by atoms with Gasteiger partial charge in [0.2, 0.25) is 0 Å². The van der Waals surface area contributed by atoms with E-state index in [1.807, 2.05) is 51.5 Å². The Kier molecular flexibility index (Phi) is 35.3. The number of unbranched alkanes of at least 4 members (excludes halogenated alkanes) is 16. The van der Waals surface area contributed by atoms with E-state index in [2.05, 4.69) is 38.2 Å². The van der Waals surface area contributed by atoms with Crippen molar-refractivity contribution in [2.24, 2.45) is 0 Å². The molecule has 2 unspecified atom stereocenters. The molecule has 0 heterocycles. The van der Waals surface area contributed by atoms with E-state index in [0.29, 0.717) is 23.9 Å². The van der Waals surface area contributed by atoms with Crippen LogP contribution < -0.4 is 0 Å². The number of phosphoric acid groups is 1. The van der Waals surface area contributed by atoms with Crippen molar-refractivity contribution in [3.8, 4) is 0 Å². The lowest BCUT2D eigenvalue weighted by molar-refractivity contribution is -0.870. The van der Waals surface area contributed by atoms with Gasteiger partial charge in [0, 0.05) is 6.42 Å². The van der Waals surface area contributed by atoms with Crippen LogP contribution in [0.25, 0.3) is 0 Å². The molecular formula is C44H81NO8P+. The largest absolute Gasteiger partial charge is 0.492 e. The molecule has 0 aliphatic heterocycles. The molecule has 0 aromatic carbocycles. The van der Waals surface area contributed by atoms with Gasteiger partial charge in [-0.15, -0.1) is 0 Å². The van der Waals surface area contributed by atoms with Crippen LogP contribution in [0.4, 0.5) is 0 Å². The first-order chi connectivity index (χ1) is 26.0. The summed E-state index contributed by atoms with van der Waals surface area (Å²) in [6, 6.07) is 0. The molecule has 0 fully saturated rings. The average Bonchev–Trinajstić information content (AvgIpc) is 3.12. The minimum atomic E-state index is -4.28. The Balaban J connectivity index is 4.40. The molecule has 0 saturated carbocycles. The number of nitrogens with zero attached hydrogens (tertiary/aromatic N) is 1. The van der Waals surface area contributed by atoms with Crippen molar-refractivity contribution in [2.75, 3.05) is 47.5 Å². The lowest BCUT2D eigenvalue weighted by atomic mass is 10.1. The summed E-state index contributed by atoms with van der Waals surface area (Å²) in [5, 5.41) is 9.87. The van der Waals surface area contributed by atoms with Crippen molar-refractivity contribution in [3.63, 3.8) is 0 Å². The van der Waals surface area contributed by atoms with Crippen LogP contribution in [0.5, 0.6) is 0 Å². The Morgan fingerprint density at radius 2 is 1.26 bits per heavy atom. The van der Waals surface area contributed by atoms with Crippen molar-refractivity contribution < 1.29 is 42.4 Å². The molecule has 54 heavy (non-hydrogen) atoms. The van der Waals surface area contributed by atoms with Gasteiger partial charge in [-0.05, 0) is 76.7 Å². The van der Waals surface area contributed by atoms with Crippen LogP contribution in [-0.2, 0) is 27.9 Å². The summed E-state index contributed by atoms with van der Waals surface area (Å²) in [4.78, 5) is 22.6. The van der Waals surface area contributed by atoms with Crippen LogP contribution in [0, 0.1) is 0 Å². The molecule has 0 radical (unpaired) electrons. The molecule has 0 spiro atoms. The summed E-state index contributed by atoms with van der Waals surface area (Å²) in [5.41, 5.74) is 0. The van der Waals surface area contributed by atoms with Gasteiger partial charge >= 0.3 is 13.8 Å². The number of phosphoric ester groups is 1. The number of hydrogen-bond acceptors (Lipinski definition) is 7. The number of ether oxygens (including phenoxy) is 2. The zero-order valence-electron chi connectivity index (χ0n) is 35.1. The third-order valence-corrected chi connectivity index (χ3v) is 9.72. The van der Waals surface area contributed by atoms with E-state index in [1.54, 1.807) is 6.26 Å². The van der Waals surface area contributed by atoms with E-state index in [-0.39, 0.29) is 25.8 Å². The maximum absolute atomic E-state index is 12.5. The number of aliphatic hydroxyl groups is 1. The number of quaternary nitrogens is 1. The van der Waals surface area contributed by atoms with Crippen molar-refractivity contribution in [3.05, 3.63) is 60.9 Å². The summed E-state index contributed by atoms with van der Waals surface area (Å²) in [6.45, 7) is 4.62. The first kappa shape index (κ1) is 52.0. The van der Waals surface area contributed by atoms with Crippen molar-refractivity contribution in [1.29, 1.82) is 0 Å². The molecule has 0 aromatic rings. The van der Waals surface area contributed by atoms with E-state index < -0.39 is 20.0 Å². The second kappa shape index (κ2) is 36.6. The zero-order chi connectivity index (χ0) is 40.0. The molecule has 0 amide bonds. The Morgan fingerprint density at radius 3 is 1.87 bits per heavy atom. The molecule has 314 valence electrons. The summed E-state index contributed by atoms with van der Waals surface area (Å²) in [5.74, 6) is -0.321. The predicted octanol–water partition coefficient (Wildman–Crippen LogP) is 11.5. The fraction of sp³-hybridized carbons (Fsp3) is 0.750. The molecule has 0 aromatic heterocycles. The van der Waals surface area contributed by atoms with Gasteiger partial charge < -0.3 is 24.0 Å². The van der Waals surface area contributed by atoms with E-state index in [4.69, 9.17) is 18.5 Å². The number of allylic oxidation sites excluding steroid dienone is 7. The predicted molar refractivity (Wildman–Crippen MR) is 225 cm³/mol. The Morgan fingerprint density at radius 1 is 0.685 bits per heavy atom. The van der Waals surface area contributed by atoms with Crippen LogP contribution in [0.3, 0.4) is 0 Å². The number of hydrogen-bond donors (Lipinski definition) is 2. The second-order valence-corrected chi connectivity index (χ2v) is 16.7. The van der Waals surface area contributed by atoms with E-state index in [0.717, 1.165) is 70.6 Å². The highest BCUT2D eigenvalue weighted by molar-refractivity contribution is 7.47. The van der Waals surface area contributed by atoms with Gasteiger partial charge in [-0.2, -0.15) is 0 Å². The third-order valence-electron chi connectivity index (χ3n) is 8.73. The fourth-order valence-corrected chi connectivity index (χ4v) is 6.07. The van der Waals surface area contributed by atoms with Gasteiger partial charge in [-0.3, -0.25) is 13.8 Å². The molecule has 0 saturated heterocycles. The first-order valence-corrected chi connectivity index (χ1v) is 22.7. The SMILES string of the molecule is CC/C=C/CC(O)/C=C/C=C/CCCCCCCC(=O)OC[C@H](COP(=O)(O)OCC[N+](C)(C)C)O/C=C/CCCCCC/C=C\CCCCCCCC. The summed E-state index contributed by atoms with van der Waals surface area (Å²) < 4.78 is 34.7. The summed E-state index contributed by atoms with van der Waals surface area (Å²) in [7, 11) is 1.62. The minimum absolute atomic E-state index is 0.0731. The molecule has 0 rings (SSSR count). The van der Waals surface area contributed by atoms with Crippen molar-refractivity contribution >= 4 is 13.8 Å². The Bertz CT molecular complexity index is 1070. The number of aliphatic hydroxyl groups excluding tert-OH is 1. The number of likely N-dealkylation sites (N-methyl/N-ethyl adjacent to an activating group) is 1. The van der Waals surface area contributed by atoms with Crippen LogP contribution in [-0.4, -0.2) is 80.2 Å². The highest BCUT2D eigenvalue weighted by atomic mass is 31.2. The number of esters is 1. The molecule has 3 atom stereocenters. The van der Waals surface area contributed by atoms with Gasteiger partial charge in [-0.25, -0.2) is 4.57 Å². The Labute approximate surface area is 331 Å². The maximum Gasteiger partial charge on any atom is 0.472 e. The van der Waals surface area contributed by atoms with E-state index >= 15 is 0 Å². The van der Waals surface area contributed by atoms with Crippen LogP contribution in [0.15, 0.2) is 60.9 Å². The zero-order valence-corrected chi connectivity index (χ0v) is 35.9. The molecule has 9 nitrogen and oxygen atoms in total. The normalized spacial score (nSPS) is 14.9. The maximum atomic E-state index is 12.5. The molecule has 10 heteroatoms. The summed E-state index contributed by atoms with van der Waals surface area (Å²) >= 11 is 0. The lowest BCUT2D eigenvalue weighted by Gasteiger charge is -2.24. The Hall–Kier alpha value is -2.00. The molecule has 0 aliphatic rings. The number of carbonyl (C=O) groups is 1. The van der Waals surface area contributed by atoms with Crippen molar-refractivity contribution in [2.45, 2.75) is 167 Å². The van der Waals surface area contributed by atoms with Gasteiger partial charge in [0.25, 0.3) is 0 Å². The average molecular weight is 783 g/mol.